The fourth-order valence-corrected chi connectivity index (χ4v) is 3.01. The number of ether oxygens (including phenoxy) is 1. The smallest absolute Gasteiger partial charge is 0.263 e. The second-order valence-corrected chi connectivity index (χ2v) is 6.35. The molecule has 2 unspecified atom stereocenters. The van der Waals surface area contributed by atoms with E-state index in [4.69, 9.17) is 10.5 Å². The van der Waals surface area contributed by atoms with E-state index in [1.54, 1.807) is 0 Å². The minimum absolute atomic E-state index is 0. The van der Waals surface area contributed by atoms with Gasteiger partial charge in [0.15, 0.2) is 6.10 Å². The number of benzene rings is 1. The number of hydrogen-bond acceptors (Lipinski definition) is 3. The lowest BCUT2D eigenvalue weighted by atomic mass is 9.90. The maximum absolute atomic E-state index is 12.7. The SMILES string of the molecule is CCC(Oc1cccc(C)c1)C(=O)N1CCC(C(C)N)CC1.Cl. The highest BCUT2D eigenvalue weighted by atomic mass is 35.5. The molecule has 1 saturated heterocycles. The standard InChI is InChI=1S/C18H28N2O2.ClH/c1-4-17(22-16-7-5-6-13(2)12-16)18(21)20-10-8-15(9-11-20)14(3)19;/h5-7,12,14-15,17H,4,8-11,19H2,1-3H3;1H. The maximum Gasteiger partial charge on any atom is 0.263 e. The van der Waals surface area contributed by atoms with Crippen LogP contribution in [0.4, 0.5) is 0 Å². The molecule has 0 aliphatic carbocycles. The molecule has 130 valence electrons. The van der Waals surface area contributed by atoms with Gasteiger partial charge in [0.05, 0.1) is 0 Å². The summed E-state index contributed by atoms with van der Waals surface area (Å²) >= 11 is 0. The van der Waals surface area contributed by atoms with Gasteiger partial charge >= 0.3 is 0 Å². The Morgan fingerprint density at radius 1 is 1.39 bits per heavy atom. The fraction of sp³-hybridized carbons (Fsp3) is 0.611. The van der Waals surface area contributed by atoms with Crippen LogP contribution in [-0.2, 0) is 4.79 Å². The summed E-state index contributed by atoms with van der Waals surface area (Å²) in [7, 11) is 0. The van der Waals surface area contributed by atoms with E-state index in [9.17, 15) is 4.79 Å². The highest BCUT2D eigenvalue weighted by Gasteiger charge is 2.29. The van der Waals surface area contributed by atoms with Crippen molar-refractivity contribution < 1.29 is 9.53 Å². The number of rotatable bonds is 5. The molecule has 0 bridgehead atoms. The first-order chi connectivity index (χ1) is 10.5. The van der Waals surface area contributed by atoms with Crippen LogP contribution < -0.4 is 10.5 Å². The molecule has 1 aromatic carbocycles. The van der Waals surface area contributed by atoms with Crippen molar-refractivity contribution in [2.24, 2.45) is 11.7 Å². The van der Waals surface area contributed by atoms with Crippen LogP contribution in [0, 0.1) is 12.8 Å². The Balaban J connectivity index is 0.00000264. The highest BCUT2D eigenvalue weighted by Crippen LogP contribution is 2.22. The van der Waals surface area contributed by atoms with E-state index < -0.39 is 6.10 Å². The molecule has 1 aliphatic rings. The Morgan fingerprint density at radius 2 is 2.04 bits per heavy atom. The summed E-state index contributed by atoms with van der Waals surface area (Å²) in [6.45, 7) is 7.65. The van der Waals surface area contributed by atoms with Crippen LogP contribution in [0.3, 0.4) is 0 Å². The van der Waals surface area contributed by atoms with E-state index in [2.05, 4.69) is 6.92 Å². The number of nitrogens with zero attached hydrogens (tertiary/aromatic N) is 1. The molecular formula is C18H29ClN2O2. The molecule has 0 radical (unpaired) electrons. The second-order valence-electron chi connectivity index (χ2n) is 6.35. The highest BCUT2D eigenvalue weighted by molar-refractivity contribution is 5.85. The number of nitrogens with two attached hydrogens (primary N) is 1. The zero-order chi connectivity index (χ0) is 16.1. The molecule has 0 saturated carbocycles. The van der Waals surface area contributed by atoms with Crippen LogP contribution in [0.2, 0.25) is 0 Å². The number of carbonyl (C=O) groups excluding carboxylic acids is 1. The number of likely N-dealkylation sites (tertiary alicyclic amines) is 1. The van der Waals surface area contributed by atoms with E-state index >= 15 is 0 Å². The average molecular weight is 341 g/mol. The molecule has 2 atom stereocenters. The van der Waals surface area contributed by atoms with E-state index in [-0.39, 0.29) is 24.4 Å². The first kappa shape index (κ1) is 19.8. The molecule has 2 rings (SSSR count). The molecule has 4 nitrogen and oxygen atoms in total. The molecule has 1 amide bonds. The van der Waals surface area contributed by atoms with E-state index in [1.165, 1.54) is 0 Å². The second kappa shape index (κ2) is 9.14. The molecule has 1 fully saturated rings. The summed E-state index contributed by atoms with van der Waals surface area (Å²) in [6, 6.07) is 8.07. The Morgan fingerprint density at radius 3 is 2.57 bits per heavy atom. The minimum atomic E-state index is -0.395. The molecule has 5 heteroatoms. The van der Waals surface area contributed by atoms with Crippen molar-refractivity contribution in [1.29, 1.82) is 0 Å². The molecule has 1 aliphatic heterocycles. The van der Waals surface area contributed by atoms with Gasteiger partial charge in [-0.25, -0.2) is 0 Å². The lowest BCUT2D eigenvalue weighted by molar-refractivity contribution is -0.140. The van der Waals surface area contributed by atoms with Gasteiger partial charge in [-0.2, -0.15) is 0 Å². The van der Waals surface area contributed by atoms with Crippen LogP contribution >= 0.6 is 12.4 Å². The van der Waals surface area contributed by atoms with Gasteiger partial charge in [-0.05, 0) is 56.7 Å². The Hall–Kier alpha value is -1.26. The zero-order valence-corrected chi connectivity index (χ0v) is 15.1. The summed E-state index contributed by atoms with van der Waals surface area (Å²) in [5.41, 5.74) is 7.10. The summed E-state index contributed by atoms with van der Waals surface area (Å²) in [6.07, 6.45) is 2.27. The number of piperidine rings is 1. The third-order valence-corrected chi connectivity index (χ3v) is 4.51. The number of halogens is 1. The van der Waals surface area contributed by atoms with Gasteiger partial charge in [-0.1, -0.05) is 19.1 Å². The molecule has 2 N–H and O–H groups in total. The zero-order valence-electron chi connectivity index (χ0n) is 14.3. The molecule has 23 heavy (non-hydrogen) atoms. The van der Waals surface area contributed by atoms with Gasteiger partial charge in [0.25, 0.3) is 5.91 Å². The first-order valence-electron chi connectivity index (χ1n) is 8.29. The van der Waals surface area contributed by atoms with E-state index in [1.807, 2.05) is 43.0 Å². The van der Waals surface area contributed by atoms with Crippen molar-refractivity contribution in [2.45, 2.75) is 52.2 Å². The largest absolute Gasteiger partial charge is 0.481 e. The molecular weight excluding hydrogens is 312 g/mol. The van der Waals surface area contributed by atoms with Gasteiger partial charge < -0.3 is 15.4 Å². The predicted molar refractivity (Wildman–Crippen MR) is 96.1 cm³/mol. The minimum Gasteiger partial charge on any atom is -0.481 e. The lowest BCUT2D eigenvalue weighted by Crippen LogP contribution is -2.47. The number of hydrogen-bond donors (Lipinski definition) is 1. The van der Waals surface area contributed by atoms with Crippen molar-refractivity contribution in [3.8, 4) is 5.75 Å². The fourth-order valence-electron chi connectivity index (χ4n) is 3.01. The topological polar surface area (TPSA) is 55.6 Å². The summed E-state index contributed by atoms with van der Waals surface area (Å²) < 4.78 is 5.92. The van der Waals surface area contributed by atoms with Crippen molar-refractivity contribution in [2.75, 3.05) is 13.1 Å². The van der Waals surface area contributed by atoms with Crippen LogP contribution in [-0.4, -0.2) is 36.0 Å². The number of carbonyl (C=O) groups is 1. The van der Waals surface area contributed by atoms with Crippen LogP contribution in [0.25, 0.3) is 0 Å². The quantitative estimate of drug-likeness (QED) is 0.895. The Kier molecular flexibility index (Phi) is 7.86. The van der Waals surface area contributed by atoms with E-state index in [0.717, 1.165) is 37.2 Å². The van der Waals surface area contributed by atoms with Gasteiger partial charge in [-0.3, -0.25) is 4.79 Å². The third kappa shape index (κ3) is 5.40. The summed E-state index contributed by atoms with van der Waals surface area (Å²) in [5.74, 6) is 1.40. The summed E-state index contributed by atoms with van der Waals surface area (Å²) in [5, 5.41) is 0. The first-order valence-corrected chi connectivity index (χ1v) is 8.29. The third-order valence-electron chi connectivity index (χ3n) is 4.51. The van der Waals surface area contributed by atoms with Crippen LogP contribution in [0.15, 0.2) is 24.3 Å². The molecule has 0 aromatic heterocycles. The van der Waals surface area contributed by atoms with Crippen molar-refractivity contribution in [3.63, 3.8) is 0 Å². The summed E-state index contributed by atoms with van der Waals surface area (Å²) in [4.78, 5) is 14.6. The van der Waals surface area contributed by atoms with Crippen molar-refractivity contribution in [3.05, 3.63) is 29.8 Å². The monoisotopic (exact) mass is 340 g/mol. The van der Waals surface area contributed by atoms with Gasteiger partial charge in [-0.15, -0.1) is 12.4 Å². The van der Waals surface area contributed by atoms with Crippen LogP contribution in [0.5, 0.6) is 5.75 Å². The molecule has 1 heterocycles. The predicted octanol–water partition coefficient (Wildman–Crippen LogP) is 3.16. The lowest BCUT2D eigenvalue weighted by Gasteiger charge is -2.35. The number of amides is 1. The molecule has 1 aromatic rings. The molecule has 0 spiro atoms. The van der Waals surface area contributed by atoms with Gasteiger partial charge in [0, 0.05) is 19.1 Å². The van der Waals surface area contributed by atoms with E-state index in [0.29, 0.717) is 12.3 Å². The van der Waals surface area contributed by atoms with Gasteiger partial charge in [0.2, 0.25) is 0 Å². The normalized spacial score (nSPS) is 18.0. The van der Waals surface area contributed by atoms with Crippen molar-refractivity contribution >= 4 is 18.3 Å². The Labute approximate surface area is 145 Å². The Bertz CT molecular complexity index is 500. The van der Waals surface area contributed by atoms with Crippen molar-refractivity contribution in [1.82, 2.24) is 4.90 Å². The van der Waals surface area contributed by atoms with Gasteiger partial charge in [0.1, 0.15) is 5.75 Å². The van der Waals surface area contributed by atoms with Crippen LogP contribution in [0.1, 0.15) is 38.7 Å². The maximum atomic E-state index is 12.7. The average Bonchev–Trinajstić information content (AvgIpc) is 2.52. The number of aryl methyl sites for hydroxylation is 1.